The molecule has 52 heavy (non-hydrogen) atoms. The monoisotopic (exact) mass is 658 g/mol. The van der Waals surface area contributed by atoms with Crippen LogP contribution in [0.15, 0.2) is 206 Å². The minimum absolute atomic E-state index is 1.21. The zero-order valence-corrected chi connectivity index (χ0v) is 28.6. The molecule has 0 nitrogen and oxygen atoms in total. The quantitative estimate of drug-likeness (QED) is 0.128. The van der Waals surface area contributed by atoms with Gasteiger partial charge in [-0.1, -0.05) is 182 Å². The lowest BCUT2D eigenvalue weighted by atomic mass is 9.83. The third kappa shape index (κ3) is 5.08. The molecule has 0 aliphatic carbocycles. The molecule has 0 saturated carbocycles. The Morgan fingerprint density at radius 2 is 0.596 bits per heavy atom. The average molecular weight is 659 g/mol. The zero-order valence-electron chi connectivity index (χ0n) is 28.6. The smallest absolute Gasteiger partial charge is 0.00199 e. The van der Waals surface area contributed by atoms with Gasteiger partial charge in [0.25, 0.3) is 0 Å². The Bertz CT molecular complexity index is 2880. The first kappa shape index (κ1) is 30.1. The maximum atomic E-state index is 2.42. The largest absolute Gasteiger partial charge is 0.0622 e. The molecule has 0 aliphatic heterocycles. The van der Waals surface area contributed by atoms with E-state index < -0.39 is 0 Å². The molecule has 0 spiro atoms. The summed E-state index contributed by atoms with van der Waals surface area (Å²) in [5.74, 6) is 0. The second-order valence-electron chi connectivity index (χ2n) is 13.6. The summed E-state index contributed by atoms with van der Waals surface area (Å²) < 4.78 is 0. The number of hydrogen-bond donors (Lipinski definition) is 0. The fourth-order valence-electron chi connectivity index (χ4n) is 8.21. The summed E-state index contributed by atoms with van der Waals surface area (Å²) in [5.41, 5.74) is 12.4. The molecule has 10 aromatic rings. The molecule has 0 aromatic heterocycles. The Hall–Kier alpha value is -6.76. The van der Waals surface area contributed by atoms with Gasteiger partial charge in [0.15, 0.2) is 0 Å². The van der Waals surface area contributed by atoms with E-state index in [1.54, 1.807) is 0 Å². The highest BCUT2D eigenvalue weighted by Crippen LogP contribution is 2.46. The maximum absolute atomic E-state index is 2.42. The fourth-order valence-corrected chi connectivity index (χ4v) is 8.21. The third-order valence-corrected chi connectivity index (χ3v) is 10.6. The Kier molecular flexibility index (Phi) is 7.25. The summed E-state index contributed by atoms with van der Waals surface area (Å²) in [5, 5.41) is 10.1. The van der Waals surface area contributed by atoms with Gasteiger partial charge in [-0.3, -0.25) is 0 Å². The minimum atomic E-state index is 1.21. The van der Waals surface area contributed by atoms with Gasteiger partial charge in [-0.05, 0) is 123 Å². The molecular weight excluding hydrogens is 625 g/mol. The highest BCUT2D eigenvalue weighted by Gasteiger charge is 2.19. The molecule has 0 saturated heterocycles. The molecule has 10 rings (SSSR count). The van der Waals surface area contributed by atoms with Crippen LogP contribution in [0.5, 0.6) is 0 Å². The van der Waals surface area contributed by atoms with Crippen molar-refractivity contribution in [3.8, 4) is 55.6 Å². The summed E-state index contributed by atoms with van der Waals surface area (Å²) in [6, 6.07) is 75.5. The Morgan fingerprint density at radius 3 is 1.15 bits per heavy atom. The van der Waals surface area contributed by atoms with E-state index in [1.165, 1.54) is 98.7 Å². The lowest BCUT2D eigenvalue weighted by molar-refractivity contribution is 1.58. The lowest BCUT2D eigenvalue weighted by Gasteiger charge is -2.19. The van der Waals surface area contributed by atoms with Crippen molar-refractivity contribution in [1.29, 1.82) is 0 Å². The molecule has 0 amide bonds. The van der Waals surface area contributed by atoms with Crippen LogP contribution in [-0.2, 0) is 0 Å². The summed E-state index contributed by atoms with van der Waals surface area (Å²) >= 11 is 0. The molecule has 0 aliphatic rings. The van der Waals surface area contributed by atoms with Crippen LogP contribution in [0.4, 0.5) is 0 Å². The number of fused-ring (bicyclic) bond motifs is 5. The Balaban J connectivity index is 1.15. The topological polar surface area (TPSA) is 0 Å². The van der Waals surface area contributed by atoms with Crippen molar-refractivity contribution in [2.75, 3.05) is 0 Å². The van der Waals surface area contributed by atoms with Gasteiger partial charge in [0.05, 0.1) is 0 Å². The van der Waals surface area contributed by atoms with Crippen LogP contribution in [0.25, 0.3) is 98.7 Å². The predicted octanol–water partition coefficient (Wildman–Crippen LogP) is 14.6. The van der Waals surface area contributed by atoms with Gasteiger partial charge in [0.1, 0.15) is 0 Å². The van der Waals surface area contributed by atoms with E-state index in [2.05, 4.69) is 206 Å². The predicted molar refractivity (Wildman–Crippen MR) is 224 cm³/mol. The third-order valence-electron chi connectivity index (χ3n) is 10.6. The van der Waals surface area contributed by atoms with Crippen molar-refractivity contribution in [2.24, 2.45) is 0 Å². The van der Waals surface area contributed by atoms with E-state index >= 15 is 0 Å². The first-order valence-corrected chi connectivity index (χ1v) is 18.0. The normalized spacial score (nSPS) is 11.5. The van der Waals surface area contributed by atoms with E-state index in [1.807, 2.05) is 0 Å². The van der Waals surface area contributed by atoms with Crippen LogP contribution in [0.3, 0.4) is 0 Å². The molecule has 0 bridgehead atoms. The SMILES string of the molecule is c1ccc(-c2cccc(-c3cccc(-c4ccc5cc(-c6c7ccccc7c(-c7ccccc7)c7ccccc67)c6ccccc6c5c4)c3)c2)cc1. The van der Waals surface area contributed by atoms with Gasteiger partial charge in [0.2, 0.25) is 0 Å². The van der Waals surface area contributed by atoms with E-state index in [9.17, 15) is 0 Å². The van der Waals surface area contributed by atoms with E-state index in [0.29, 0.717) is 0 Å². The molecule has 10 aromatic carbocycles. The summed E-state index contributed by atoms with van der Waals surface area (Å²) in [6.45, 7) is 0. The number of benzene rings is 10. The Labute approximate surface area is 303 Å². The molecular formula is C52H34. The van der Waals surface area contributed by atoms with Crippen LogP contribution in [0.1, 0.15) is 0 Å². The van der Waals surface area contributed by atoms with Gasteiger partial charge in [-0.15, -0.1) is 0 Å². The van der Waals surface area contributed by atoms with Crippen LogP contribution >= 0.6 is 0 Å². The average Bonchev–Trinajstić information content (AvgIpc) is 3.23. The van der Waals surface area contributed by atoms with Crippen molar-refractivity contribution >= 4 is 43.1 Å². The lowest BCUT2D eigenvalue weighted by Crippen LogP contribution is -1.92. The van der Waals surface area contributed by atoms with Gasteiger partial charge in [0, 0.05) is 0 Å². The molecule has 0 heterocycles. The summed E-state index contributed by atoms with van der Waals surface area (Å²) in [7, 11) is 0. The fraction of sp³-hybridized carbons (Fsp3) is 0. The number of rotatable bonds is 5. The molecule has 0 unspecified atom stereocenters. The first-order chi connectivity index (χ1) is 25.8. The van der Waals surface area contributed by atoms with Crippen LogP contribution in [0, 0.1) is 0 Å². The van der Waals surface area contributed by atoms with Crippen molar-refractivity contribution in [3.63, 3.8) is 0 Å². The van der Waals surface area contributed by atoms with Gasteiger partial charge >= 0.3 is 0 Å². The van der Waals surface area contributed by atoms with Gasteiger partial charge in [-0.2, -0.15) is 0 Å². The van der Waals surface area contributed by atoms with Crippen LogP contribution in [-0.4, -0.2) is 0 Å². The van der Waals surface area contributed by atoms with E-state index in [-0.39, 0.29) is 0 Å². The number of hydrogen-bond acceptors (Lipinski definition) is 0. The second-order valence-corrected chi connectivity index (χ2v) is 13.6. The summed E-state index contributed by atoms with van der Waals surface area (Å²) in [4.78, 5) is 0. The zero-order chi connectivity index (χ0) is 34.4. The van der Waals surface area contributed by atoms with Gasteiger partial charge in [-0.25, -0.2) is 0 Å². The standard InChI is InChI=1S/C52H34/c1-3-15-35(16-4-1)37-19-13-20-38(31-37)39-21-14-22-40(32-39)41-29-30-42-34-50(44-24-8-7-23-43(44)49(42)33-41)52-47-27-11-9-25-45(47)51(36-17-5-2-6-18-36)46-26-10-12-28-48(46)52/h1-34H. The van der Waals surface area contributed by atoms with Crippen molar-refractivity contribution in [2.45, 2.75) is 0 Å². The van der Waals surface area contributed by atoms with E-state index in [4.69, 9.17) is 0 Å². The highest BCUT2D eigenvalue weighted by molar-refractivity contribution is 6.25. The highest BCUT2D eigenvalue weighted by atomic mass is 14.2. The summed E-state index contributed by atoms with van der Waals surface area (Å²) in [6.07, 6.45) is 0. The first-order valence-electron chi connectivity index (χ1n) is 18.0. The Morgan fingerprint density at radius 1 is 0.192 bits per heavy atom. The molecule has 0 radical (unpaired) electrons. The minimum Gasteiger partial charge on any atom is -0.0622 e. The maximum Gasteiger partial charge on any atom is -0.00199 e. The van der Waals surface area contributed by atoms with Crippen LogP contribution in [0.2, 0.25) is 0 Å². The molecule has 0 N–H and O–H groups in total. The molecule has 0 atom stereocenters. The van der Waals surface area contributed by atoms with E-state index in [0.717, 1.165) is 0 Å². The van der Waals surface area contributed by atoms with Crippen molar-refractivity contribution in [1.82, 2.24) is 0 Å². The molecule has 0 heteroatoms. The second kappa shape index (κ2) is 12.5. The van der Waals surface area contributed by atoms with Crippen molar-refractivity contribution in [3.05, 3.63) is 206 Å². The molecule has 0 fully saturated rings. The van der Waals surface area contributed by atoms with Crippen LogP contribution < -0.4 is 0 Å². The van der Waals surface area contributed by atoms with Crippen molar-refractivity contribution < 1.29 is 0 Å². The van der Waals surface area contributed by atoms with Gasteiger partial charge < -0.3 is 0 Å². The molecule has 242 valence electrons.